The first kappa shape index (κ1) is 25.9. The van der Waals surface area contributed by atoms with Gasteiger partial charge in [-0.05, 0) is 18.9 Å². The molecule has 0 saturated carbocycles. The van der Waals surface area contributed by atoms with Crippen LogP contribution >= 0.6 is 24.0 Å². The van der Waals surface area contributed by atoms with Crippen LogP contribution in [0.25, 0.3) is 6.08 Å². The second kappa shape index (κ2) is 16.6. The third-order valence-electron chi connectivity index (χ3n) is 4.62. The van der Waals surface area contributed by atoms with Gasteiger partial charge in [0.1, 0.15) is 0 Å². The van der Waals surface area contributed by atoms with Crippen LogP contribution in [0, 0.1) is 0 Å². The highest BCUT2D eigenvalue weighted by atomic mass is 127. The normalized spacial score (nSPS) is 15.5. The Kier molecular flexibility index (Phi) is 14.8. The quantitative estimate of drug-likeness (QED) is 0.212. The summed E-state index contributed by atoms with van der Waals surface area (Å²) in [4.78, 5) is 9.63. The van der Waals surface area contributed by atoms with Crippen molar-refractivity contribution in [3.05, 3.63) is 42.0 Å². The summed E-state index contributed by atoms with van der Waals surface area (Å²) in [6.07, 6.45) is 5.39. The number of benzene rings is 1. The van der Waals surface area contributed by atoms with E-state index in [9.17, 15) is 0 Å². The Bertz CT molecular complexity index is 575. The number of methoxy groups -OCH3 is 1. The zero-order valence-electron chi connectivity index (χ0n) is 17.9. The number of guanidine groups is 1. The van der Waals surface area contributed by atoms with Crippen LogP contribution in [0.15, 0.2) is 41.4 Å². The molecular formula is C22H37IN4O2. The Hall–Kier alpha value is -1.16. The number of hydrogen-bond donors (Lipinski definition) is 1. The molecule has 7 heteroatoms. The number of rotatable bonds is 11. The molecule has 0 bridgehead atoms. The van der Waals surface area contributed by atoms with Gasteiger partial charge in [0.05, 0.1) is 13.2 Å². The molecule has 1 N–H and O–H groups in total. The average Bonchev–Trinajstić information content (AvgIpc) is 2.74. The molecule has 1 aliphatic heterocycles. The molecule has 0 atom stereocenters. The van der Waals surface area contributed by atoms with Crippen LogP contribution in [0.4, 0.5) is 0 Å². The summed E-state index contributed by atoms with van der Waals surface area (Å²) in [5.74, 6) is 1.03. The lowest BCUT2D eigenvalue weighted by Gasteiger charge is -2.36. The molecular weight excluding hydrogens is 479 g/mol. The van der Waals surface area contributed by atoms with E-state index in [-0.39, 0.29) is 24.0 Å². The van der Waals surface area contributed by atoms with Crippen LogP contribution in [0.1, 0.15) is 18.9 Å². The van der Waals surface area contributed by atoms with Crippen molar-refractivity contribution in [2.75, 3.05) is 72.7 Å². The first-order valence-corrected chi connectivity index (χ1v) is 10.4. The van der Waals surface area contributed by atoms with Gasteiger partial charge in [-0.15, -0.1) is 24.0 Å². The highest BCUT2D eigenvalue weighted by molar-refractivity contribution is 14.0. The second-order valence-electron chi connectivity index (χ2n) is 6.80. The molecule has 0 aromatic heterocycles. The molecule has 1 saturated heterocycles. The molecule has 0 unspecified atom stereocenters. The van der Waals surface area contributed by atoms with Gasteiger partial charge in [0, 0.05) is 59.5 Å². The first-order chi connectivity index (χ1) is 13.8. The van der Waals surface area contributed by atoms with E-state index < -0.39 is 0 Å². The fourth-order valence-corrected chi connectivity index (χ4v) is 3.07. The van der Waals surface area contributed by atoms with Crippen LogP contribution in [0.3, 0.4) is 0 Å². The Morgan fingerprint density at radius 1 is 1.10 bits per heavy atom. The number of aliphatic imine (C=N–C) groups is 1. The van der Waals surface area contributed by atoms with Gasteiger partial charge in [0.2, 0.25) is 0 Å². The SMILES string of the molecule is CCNC(=NCCCOCCOC)N1CCN(C/C=C/c2ccccc2)CC1.I. The van der Waals surface area contributed by atoms with Crippen LogP contribution in [0.2, 0.25) is 0 Å². The van der Waals surface area contributed by atoms with E-state index in [4.69, 9.17) is 14.5 Å². The monoisotopic (exact) mass is 516 g/mol. The van der Waals surface area contributed by atoms with Gasteiger partial charge < -0.3 is 19.7 Å². The van der Waals surface area contributed by atoms with Crippen molar-refractivity contribution < 1.29 is 9.47 Å². The summed E-state index contributed by atoms with van der Waals surface area (Å²) in [6.45, 7) is 11.0. The van der Waals surface area contributed by atoms with E-state index in [1.165, 1.54) is 5.56 Å². The van der Waals surface area contributed by atoms with Crippen LogP contribution in [0.5, 0.6) is 0 Å². The summed E-state index contributed by atoms with van der Waals surface area (Å²) in [7, 11) is 1.69. The molecule has 0 aliphatic carbocycles. The number of ether oxygens (including phenoxy) is 2. The van der Waals surface area contributed by atoms with Crippen molar-refractivity contribution >= 4 is 36.0 Å². The third kappa shape index (κ3) is 11.0. The standard InChI is InChI=1S/C22H36N4O2.HI/c1-3-23-22(24-12-8-18-28-20-19-27-2)26-16-14-25(15-17-26)13-7-11-21-9-5-4-6-10-21;/h4-7,9-11H,3,8,12-20H2,1-2H3,(H,23,24);1H/b11-7+;. The fraction of sp³-hybridized carbons (Fsp3) is 0.591. The van der Waals surface area contributed by atoms with Crippen molar-refractivity contribution in [3.8, 4) is 0 Å². The maximum absolute atomic E-state index is 5.50. The Labute approximate surface area is 193 Å². The number of nitrogens with zero attached hydrogens (tertiary/aromatic N) is 3. The maximum Gasteiger partial charge on any atom is 0.194 e. The van der Waals surface area contributed by atoms with Crippen LogP contribution < -0.4 is 5.32 Å². The number of hydrogen-bond acceptors (Lipinski definition) is 4. The molecule has 1 aliphatic rings. The minimum Gasteiger partial charge on any atom is -0.382 e. The maximum atomic E-state index is 5.50. The summed E-state index contributed by atoms with van der Waals surface area (Å²) in [5.41, 5.74) is 1.26. The first-order valence-electron chi connectivity index (χ1n) is 10.4. The molecule has 164 valence electrons. The van der Waals surface area contributed by atoms with E-state index in [1.54, 1.807) is 7.11 Å². The van der Waals surface area contributed by atoms with Crippen molar-refractivity contribution in [2.45, 2.75) is 13.3 Å². The Morgan fingerprint density at radius 3 is 2.55 bits per heavy atom. The lowest BCUT2D eigenvalue weighted by atomic mass is 10.2. The fourth-order valence-electron chi connectivity index (χ4n) is 3.07. The zero-order valence-corrected chi connectivity index (χ0v) is 20.2. The second-order valence-corrected chi connectivity index (χ2v) is 6.80. The van der Waals surface area contributed by atoms with Crippen molar-refractivity contribution in [3.63, 3.8) is 0 Å². The van der Waals surface area contributed by atoms with E-state index in [0.717, 1.165) is 64.8 Å². The molecule has 1 heterocycles. The van der Waals surface area contributed by atoms with Gasteiger partial charge in [-0.1, -0.05) is 42.5 Å². The molecule has 0 amide bonds. The van der Waals surface area contributed by atoms with Gasteiger partial charge in [0.15, 0.2) is 5.96 Å². The zero-order chi connectivity index (χ0) is 19.9. The summed E-state index contributed by atoms with van der Waals surface area (Å²) >= 11 is 0. The van der Waals surface area contributed by atoms with E-state index in [2.05, 4.69) is 64.5 Å². The lowest BCUT2D eigenvalue weighted by molar-refractivity contribution is 0.0702. The van der Waals surface area contributed by atoms with Gasteiger partial charge in [-0.25, -0.2) is 0 Å². The molecule has 1 fully saturated rings. The van der Waals surface area contributed by atoms with Crippen LogP contribution in [-0.4, -0.2) is 88.5 Å². The third-order valence-corrected chi connectivity index (χ3v) is 4.62. The number of halogens is 1. The van der Waals surface area contributed by atoms with E-state index >= 15 is 0 Å². The Balaban J connectivity index is 0.00000420. The van der Waals surface area contributed by atoms with Gasteiger partial charge >= 0.3 is 0 Å². The van der Waals surface area contributed by atoms with Crippen molar-refractivity contribution in [2.24, 2.45) is 4.99 Å². The summed E-state index contributed by atoms with van der Waals surface area (Å²) in [5, 5.41) is 3.43. The smallest absolute Gasteiger partial charge is 0.194 e. The van der Waals surface area contributed by atoms with E-state index in [0.29, 0.717) is 13.2 Å². The van der Waals surface area contributed by atoms with Gasteiger partial charge in [-0.2, -0.15) is 0 Å². The summed E-state index contributed by atoms with van der Waals surface area (Å²) in [6, 6.07) is 10.5. The minimum absolute atomic E-state index is 0. The lowest BCUT2D eigenvalue weighted by Crippen LogP contribution is -2.52. The van der Waals surface area contributed by atoms with E-state index in [1.807, 2.05) is 0 Å². The Morgan fingerprint density at radius 2 is 1.86 bits per heavy atom. The average molecular weight is 516 g/mol. The van der Waals surface area contributed by atoms with Crippen LogP contribution in [-0.2, 0) is 9.47 Å². The van der Waals surface area contributed by atoms with Crippen molar-refractivity contribution in [1.29, 1.82) is 0 Å². The van der Waals surface area contributed by atoms with Gasteiger partial charge in [0.25, 0.3) is 0 Å². The molecule has 0 spiro atoms. The highest BCUT2D eigenvalue weighted by Gasteiger charge is 2.18. The topological polar surface area (TPSA) is 49.3 Å². The molecule has 0 radical (unpaired) electrons. The number of piperazine rings is 1. The molecule has 1 aromatic carbocycles. The summed E-state index contributed by atoms with van der Waals surface area (Å²) < 4.78 is 10.5. The predicted octanol–water partition coefficient (Wildman–Crippen LogP) is 2.95. The largest absolute Gasteiger partial charge is 0.382 e. The molecule has 6 nitrogen and oxygen atoms in total. The highest BCUT2D eigenvalue weighted by Crippen LogP contribution is 2.05. The molecule has 29 heavy (non-hydrogen) atoms. The minimum atomic E-state index is 0. The molecule has 1 aromatic rings. The van der Waals surface area contributed by atoms with Gasteiger partial charge in [-0.3, -0.25) is 9.89 Å². The predicted molar refractivity (Wildman–Crippen MR) is 132 cm³/mol. The van der Waals surface area contributed by atoms with Crippen molar-refractivity contribution in [1.82, 2.24) is 15.1 Å². The number of nitrogens with one attached hydrogen (secondary N) is 1. The molecule has 2 rings (SSSR count).